The number of methoxy groups -OCH3 is 1. The van der Waals surface area contributed by atoms with E-state index >= 15 is 0 Å². The Morgan fingerprint density at radius 3 is 2.30 bits per heavy atom. The molecule has 0 amide bonds. The lowest BCUT2D eigenvalue weighted by Crippen LogP contribution is -2.30. The third-order valence-corrected chi connectivity index (χ3v) is 6.98. The van der Waals surface area contributed by atoms with Gasteiger partial charge in [-0.2, -0.15) is 4.40 Å². The summed E-state index contributed by atoms with van der Waals surface area (Å²) >= 11 is 1.58. The second-order valence-electron chi connectivity index (χ2n) is 7.86. The quantitative estimate of drug-likeness (QED) is 0.511. The predicted molar refractivity (Wildman–Crippen MR) is 115 cm³/mol. The van der Waals surface area contributed by atoms with E-state index < -0.39 is 21.1 Å². The van der Waals surface area contributed by atoms with Crippen LogP contribution >= 0.6 is 11.3 Å². The van der Waals surface area contributed by atoms with Crippen LogP contribution in [0.3, 0.4) is 0 Å². The molecule has 27 heavy (non-hydrogen) atoms. The number of nitrogens with zero attached hydrogens (tertiary/aromatic N) is 1. The van der Waals surface area contributed by atoms with Crippen LogP contribution in [0.2, 0.25) is 0 Å². The van der Waals surface area contributed by atoms with Crippen molar-refractivity contribution in [3.05, 3.63) is 46.8 Å². The smallest absolute Gasteiger partial charge is 0.315 e. The summed E-state index contributed by atoms with van der Waals surface area (Å²) in [5, 5.41) is 0. The summed E-state index contributed by atoms with van der Waals surface area (Å²) in [6, 6.07) is 11.9. The summed E-state index contributed by atoms with van der Waals surface area (Å²) < 4.78 is 21.3. The number of thiophene rings is 1. The van der Waals surface area contributed by atoms with Crippen LogP contribution in [-0.2, 0) is 25.9 Å². The SMILES string of the molecule is COC(=O)C(C)(C)c1ccccc1-c1ccc(C(C)=NS(=O)C(C)(C)C)s1. The van der Waals surface area contributed by atoms with Gasteiger partial charge in [0.1, 0.15) is 11.0 Å². The zero-order valence-corrected chi connectivity index (χ0v) is 18.6. The van der Waals surface area contributed by atoms with Gasteiger partial charge >= 0.3 is 5.97 Å². The highest BCUT2D eigenvalue weighted by Crippen LogP contribution is 2.37. The summed E-state index contributed by atoms with van der Waals surface area (Å²) in [6.45, 7) is 11.3. The van der Waals surface area contributed by atoms with Crippen LogP contribution in [0.1, 0.15) is 52.0 Å². The Morgan fingerprint density at radius 1 is 1.07 bits per heavy atom. The lowest BCUT2D eigenvalue weighted by atomic mass is 9.81. The molecule has 0 aliphatic carbocycles. The van der Waals surface area contributed by atoms with Crippen molar-refractivity contribution >= 4 is 34.0 Å². The first-order chi connectivity index (χ1) is 12.5. The van der Waals surface area contributed by atoms with Crippen LogP contribution in [0.4, 0.5) is 0 Å². The Bertz CT molecular complexity index is 889. The van der Waals surface area contributed by atoms with Gasteiger partial charge in [0.15, 0.2) is 0 Å². The average molecular weight is 406 g/mol. The van der Waals surface area contributed by atoms with E-state index in [0.717, 1.165) is 26.6 Å². The van der Waals surface area contributed by atoms with Crippen molar-refractivity contribution in [1.82, 2.24) is 0 Å². The minimum Gasteiger partial charge on any atom is -0.468 e. The fraction of sp³-hybridized carbons (Fsp3) is 0.429. The summed E-state index contributed by atoms with van der Waals surface area (Å²) in [6.07, 6.45) is 0. The third kappa shape index (κ3) is 4.74. The van der Waals surface area contributed by atoms with Crippen LogP contribution in [-0.4, -0.2) is 27.7 Å². The van der Waals surface area contributed by atoms with Gasteiger partial charge in [-0.1, -0.05) is 24.3 Å². The van der Waals surface area contributed by atoms with Crippen molar-refractivity contribution in [3.8, 4) is 10.4 Å². The molecular weight excluding hydrogens is 378 g/mol. The molecule has 0 bridgehead atoms. The van der Waals surface area contributed by atoms with Crippen LogP contribution in [0.25, 0.3) is 10.4 Å². The van der Waals surface area contributed by atoms with Gasteiger partial charge in [-0.05, 0) is 64.8 Å². The largest absolute Gasteiger partial charge is 0.468 e. The van der Waals surface area contributed by atoms with E-state index in [2.05, 4.69) is 4.40 Å². The zero-order chi connectivity index (χ0) is 20.4. The number of hydrogen-bond acceptors (Lipinski definition) is 4. The lowest BCUT2D eigenvalue weighted by molar-refractivity contribution is -0.146. The first-order valence-corrected chi connectivity index (χ1v) is 10.7. The molecular formula is C21H27NO3S2. The summed E-state index contributed by atoms with van der Waals surface area (Å²) in [5.41, 5.74) is 1.91. The summed E-state index contributed by atoms with van der Waals surface area (Å²) in [4.78, 5) is 14.3. The molecule has 2 rings (SSSR count). The second-order valence-corrected chi connectivity index (χ2v) is 10.9. The highest BCUT2D eigenvalue weighted by atomic mass is 32.2. The van der Waals surface area contributed by atoms with Gasteiger partial charge in [0.25, 0.3) is 0 Å². The Labute approximate surface area is 168 Å². The average Bonchev–Trinajstić information content (AvgIpc) is 3.10. The number of ether oxygens (including phenoxy) is 1. The van der Waals surface area contributed by atoms with Gasteiger partial charge in [-0.15, -0.1) is 11.3 Å². The first-order valence-electron chi connectivity index (χ1n) is 8.74. The maximum Gasteiger partial charge on any atom is 0.315 e. The van der Waals surface area contributed by atoms with Crippen molar-refractivity contribution in [1.29, 1.82) is 0 Å². The molecule has 0 spiro atoms. The molecule has 1 aromatic heterocycles. The molecule has 0 aliphatic heterocycles. The molecule has 6 heteroatoms. The first kappa shape index (κ1) is 21.5. The maximum atomic E-state index is 12.3. The van der Waals surface area contributed by atoms with Crippen molar-refractivity contribution < 1.29 is 13.7 Å². The van der Waals surface area contributed by atoms with E-state index in [0.29, 0.717) is 0 Å². The second kappa shape index (κ2) is 8.07. The molecule has 1 atom stereocenters. The fourth-order valence-corrected chi connectivity index (χ4v) is 4.26. The lowest BCUT2D eigenvalue weighted by Gasteiger charge is -2.24. The van der Waals surface area contributed by atoms with Crippen LogP contribution < -0.4 is 0 Å². The predicted octanol–water partition coefficient (Wildman–Crippen LogP) is 5.14. The third-order valence-electron chi connectivity index (χ3n) is 4.27. The van der Waals surface area contributed by atoms with E-state index in [4.69, 9.17) is 4.74 Å². The Balaban J connectivity index is 2.45. The number of hydrogen-bond donors (Lipinski definition) is 0. The van der Waals surface area contributed by atoms with Crippen molar-refractivity contribution in [3.63, 3.8) is 0 Å². The van der Waals surface area contributed by atoms with E-state index in [1.165, 1.54) is 7.11 Å². The number of esters is 1. The number of rotatable bonds is 5. The van der Waals surface area contributed by atoms with Gasteiger partial charge < -0.3 is 4.74 Å². The zero-order valence-electron chi connectivity index (χ0n) is 17.0. The van der Waals surface area contributed by atoms with Gasteiger partial charge in [0, 0.05) is 9.75 Å². The molecule has 0 saturated carbocycles. The van der Waals surface area contributed by atoms with Gasteiger partial charge in [-0.25, -0.2) is 4.21 Å². The van der Waals surface area contributed by atoms with E-state index in [1.54, 1.807) is 11.3 Å². The number of carbonyl (C=O) groups is 1. The van der Waals surface area contributed by atoms with E-state index in [-0.39, 0.29) is 5.97 Å². The molecule has 0 saturated heterocycles. The van der Waals surface area contributed by atoms with Crippen LogP contribution in [0.15, 0.2) is 40.8 Å². The Morgan fingerprint density at radius 2 is 1.70 bits per heavy atom. The standard InChI is InChI=1S/C21H27NO3S2/c1-14(22-27(24)20(2,3)4)17-12-13-18(26-17)15-10-8-9-11-16(15)21(5,6)19(23)25-7/h8-13H,1-7H3. The molecule has 146 valence electrons. The molecule has 1 aromatic carbocycles. The minimum absolute atomic E-state index is 0.273. The Kier molecular flexibility index (Phi) is 6.43. The molecule has 0 aliphatic rings. The fourth-order valence-electron chi connectivity index (χ4n) is 2.59. The van der Waals surface area contributed by atoms with Gasteiger partial charge in [0.05, 0.1) is 23.0 Å². The molecule has 1 heterocycles. The van der Waals surface area contributed by atoms with Crippen LogP contribution in [0.5, 0.6) is 0 Å². The topological polar surface area (TPSA) is 55.7 Å². The van der Waals surface area contributed by atoms with Crippen molar-refractivity contribution in [2.24, 2.45) is 4.40 Å². The highest BCUT2D eigenvalue weighted by Gasteiger charge is 2.33. The molecule has 0 N–H and O–H groups in total. The number of carbonyl (C=O) groups excluding carboxylic acids is 1. The molecule has 4 nitrogen and oxygen atoms in total. The van der Waals surface area contributed by atoms with Crippen molar-refractivity contribution in [2.75, 3.05) is 7.11 Å². The highest BCUT2D eigenvalue weighted by molar-refractivity contribution is 7.85. The minimum atomic E-state index is -1.30. The van der Waals surface area contributed by atoms with Gasteiger partial charge in [0.2, 0.25) is 0 Å². The number of benzene rings is 1. The summed E-state index contributed by atoms with van der Waals surface area (Å²) in [5.74, 6) is -0.273. The molecule has 1 unspecified atom stereocenters. The van der Waals surface area contributed by atoms with Crippen LogP contribution in [0, 0.1) is 0 Å². The monoisotopic (exact) mass is 405 g/mol. The van der Waals surface area contributed by atoms with Gasteiger partial charge in [-0.3, -0.25) is 4.79 Å². The molecule has 2 aromatic rings. The molecule has 0 fully saturated rings. The van der Waals surface area contributed by atoms with E-state index in [1.807, 2.05) is 77.9 Å². The van der Waals surface area contributed by atoms with E-state index in [9.17, 15) is 9.00 Å². The Hall–Kier alpha value is -1.79. The summed E-state index contributed by atoms with van der Waals surface area (Å²) in [7, 11) is 0.112. The maximum absolute atomic E-state index is 12.3. The normalized spacial score (nSPS) is 14.1. The molecule has 0 radical (unpaired) electrons. The van der Waals surface area contributed by atoms with Crippen molar-refractivity contribution in [2.45, 2.75) is 51.7 Å².